The molecule has 0 saturated heterocycles. The van der Waals surface area contributed by atoms with Gasteiger partial charge in [0.1, 0.15) is 5.60 Å². The van der Waals surface area contributed by atoms with Crippen LogP contribution in [0.25, 0.3) is 0 Å². The van der Waals surface area contributed by atoms with Crippen LogP contribution in [-0.4, -0.2) is 23.5 Å². The van der Waals surface area contributed by atoms with Gasteiger partial charge >= 0.3 is 6.09 Å². The molecule has 21 heavy (non-hydrogen) atoms. The van der Waals surface area contributed by atoms with E-state index in [4.69, 9.17) is 4.74 Å². The quantitative estimate of drug-likeness (QED) is 0.807. The number of amides is 1. The number of benzene rings is 1. The molecule has 1 aromatic rings. The maximum Gasteiger partial charge on any atom is 0.408 e. The number of carbonyl (C=O) groups is 2. The molecule has 116 valence electrons. The van der Waals surface area contributed by atoms with Gasteiger partial charge in [-0.1, -0.05) is 50.1 Å². The van der Waals surface area contributed by atoms with Crippen LogP contribution in [0.4, 0.5) is 4.79 Å². The summed E-state index contributed by atoms with van der Waals surface area (Å²) < 4.78 is 5.23. The highest BCUT2D eigenvalue weighted by molar-refractivity contribution is 6.01. The van der Waals surface area contributed by atoms with Crippen molar-refractivity contribution in [3.63, 3.8) is 0 Å². The van der Waals surface area contributed by atoms with E-state index in [9.17, 15) is 9.59 Å². The van der Waals surface area contributed by atoms with Crippen molar-refractivity contribution in [2.75, 3.05) is 0 Å². The Morgan fingerprint density at radius 3 is 2.33 bits per heavy atom. The molecule has 0 spiro atoms. The molecule has 0 bridgehead atoms. The Morgan fingerprint density at radius 1 is 1.19 bits per heavy atom. The monoisotopic (exact) mass is 291 g/mol. The van der Waals surface area contributed by atoms with E-state index in [1.165, 1.54) is 0 Å². The van der Waals surface area contributed by atoms with Gasteiger partial charge < -0.3 is 10.1 Å². The molecule has 0 saturated carbocycles. The first kappa shape index (κ1) is 17.2. The van der Waals surface area contributed by atoms with Gasteiger partial charge in [0.15, 0.2) is 5.78 Å². The molecule has 1 N–H and O–H groups in total. The van der Waals surface area contributed by atoms with Crippen LogP contribution in [0.5, 0.6) is 0 Å². The summed E-state index contributed by atoms with van der Waals surface area (Å²) in [6.07, 6.45) is 1.91. The lowest BCUT2D eigenvalue weighted by Crippen LogP contribution is -2.43. The molecule has 0 aromatic heterocycles. The molecule has 0 aliphatic rings. The van der Waals surface area contributed by atoms with Crippen LogP contribution >= 0.6 is 0 Å². The maximum atomic E-state index is 12.5. The smallest absolute Gasteiger partial charge is 0.408 e. The summed E-state index contributed by atoms with van der Waals surface area (Å²) in [5.74, 6) is -0.0742. The van der Waals surface area contributed by atoms with Crippen LogP contribution in [0.1, 0.15) is 57.3 Å². The summed E-state index contributed by atoms with van der Waals surface area (Å²) >= 11 is 0. The molecule has 1 atom stereocenters. The molecule has 1 aromatic carbocycles. The van der Waals surface area contributed by atoms with Crippen LogP contribution in [0.2, 0.25) is 0 Å². The van der Waals surface area contributed by atoms with Gasteiger partial charge in [-0.3, -0.25) is 4.79 Å². The Labute approximate surface area is 126 Å². The summed E-state index contributed by atoms with van der Waals surface area (Å²) in [5.41, 5.74) is 0.0319. The lowest BCUT2D eigenvalue weighted by molar-refractivity contribution is 0.0488. The first-order chi connectivity index (χ1) is 9.83. The second kappa shape index (κ2) is 7.81. The third-order valence-corrected chi connectivity index (χ3v) is 2.91. The van der Waals surface area contributed by atoms with Crippen molar-refractivity contribution in [2.45, 2.75) is 58.6 Å². The fourth-order valence-electron chi connectivity index (χ4n) is 1.93. The SMILES string of the molecule is CCCC[C@H](NC(=O)OC(C)(C)C)C(=O)c1ccccc1. The Hall–Kier alpha value is -1.84. The highest BCUT2D eigenvalue weighted by atomic mass is 16.6. The average molecular weight is 291 g/mol. The van der Waals surface area contributed by atoms with E-state index in [2.05, 4.69) is 12.2 Å². The summed E-state index contributed by atoms with van der Waals surface area (Å²) in [6.45, 7) is 7.45. The Bertz CT molecular complexity index is 463. The van der Waals surface area contributed by atoms with Crippen molar-refractivity contribution in [1.82, 2.24) is 5.32 Å². The second-order valence-corrected chi connectivity index (χ2v) is 6.07. The van der Waals surface area contributed by atoms with Crippen LogP contribution in [-0.2, 0) is 4.74 Å². The minimum absolute atomic E-state index is 0.0742. The molecule has 0 radical (unpaired) electrons. The highest BCUT2D eigenvalue weighted by Gasteiger charge is 2.24. The summed E-state index contributed by atoms with van der Waals surface area (Å²) in [5, 5.41) is 2.70. The molecule has 1 rings (SSSR count). The maximum absolute atomic E-state index is 12.5. The molecule has 0 aliphatic heterocycles. The normalized spacial score (nSPS) is 12.6. The number of hydrogen-bond acceptors (Lipinski definition) is 3. The van der Waals surface area contributed by atoms with Crippen LogP contribution in [0.3, 0.4) is 0 Å². The first-order valence-corrected chi connectivity index (χ1v) is 7.42. The van der Waals surface area contributed by atoms with Gasteiger partial charge in [-0.05, 0) is 27.2 Å². The average Bonchev–Trinajstić information content (AvgIpc) is 2.41. The molecular formula is C17H25NO3. The van der Waals surface area contributed by atoms with E-state index in [-0.39, 0.29) is 5.78 Å². The van der Waals surface area contributed by atoms with Gasteiger partial charge in [0.05, 0.1) is 6.04 Å². The van der Waals surface area contributed by atoms with Crippen LogP contribution in [0.15, 0.2) is 30.3 Å². The largest absolute Gasteiger partial charge is 0.444 e. The number of Topliss-reactive ketones (excluding diaryl/α,β-unsaturated/α-hetero) is 1. The van der Waals surface area contributed by atoms with Gasteiger partial charge in [0.2, 0.25) is 0 Å². The van der Waals surface area contributed by atoms with Crippen LogP contribution < -0.4 is 5.32 Å². The van der Waals surface area contributed by atoms with Gasteiger partial charge in [-0.15, -0.1) is 0 Å². The Kier molecular flexibility index (Phi) is 6.40. The zero-order valence-electron chi connectivity index (χ0n) is 13.3. The molecule has 0 unspecified atom stereocenters. The van der Waals surface area contributed by atoms with Crippen molar-refractivity contribution in [3.8, 4) is 0 Å². The molecule has 1 amide bonds. The predicted octanol–water partition coefficient (Wildman–Crippen LogP) is 3.95. The van der Waals surface area contributed by atoms with Crippen molar-refractivity contribution in [2.24, 2.45) is 0 Å². The minimum atomic E-state index is -0.574. The van der Waals surface area contributed by atoms with E-state index in [1.807, 2.05) is 18.2 Å². The third kappa shape index (κ3) is 6.43. The number of rotatable bonds is 6. The van der Waals surface area contributed by atoms with Gasteiger partial charge in [0.25, 0.3) is 0 Å². The van der Waals surface area contributed by atoms with E-state index in [0.29, 0.717) is 12.0 Å². The third-order valence-electron chi connectivity index (χ3n) is 2.91. The molecule has 0 aliphatic carbocycles. The number of nitrogens with one attached hydrogen (secondary N) is 1. The molecular weight excluding hydrogens is 266 g/mol. The van der Waals surface area contributed by atoms with Crippen molar-refractivity contribution in [3.05, 3.63) is 35.9 Å². The zero-order chi connectivity index (χ0) is 15.9. The topological polar surface area (TPSA) is 55.4 Å². The molecule has 0 fully saturated rings. The summed E-state index contributed by atoms with van der Waals surface area (Å²) in [6, 6.07) is 8.48. The van der Waals surface area contributed by atoms with Gasteiger partial charge in [-0.2, -0.15) is 0 Å². The molecule has 0 heterocycles. The Morgan fingerprint density at radius 2 is 1.81 bits per heavy atom. The molecule has 4 heteroatoms. The van der Waals surface area contributed by atoms with Crippen molar-refractivity contribution < 1.29 is 14.3 Å². The van der Waals surface area contributed by atoms with E-state index >= 15 is 0 Å². The van der Waals surface area contributed by atoms with Crippen LogP contribution in [0, 0.1) is 0 Å². The minimum Gasteiger partial charge on any atom is -0.444 e. The number of unbranched alkanes of at least 4 members (excludes halogenated alkanes) is 1. The highest BCUT2D eigenvalue weighted by Crippen LogP contribution is 2.12. The Balaban J connectivity index is 2.76. The number of alkyl carbamates (subject to hydrolysis) is 1. The number of ketones is 1. The standard InChI is InChI=1S/C17H25NO3/c1-5-6-12-14(18-16(20)21-17(2,3)4)15(19)13-10-8-7-9-11-13/h7-11,14H,5-6,12H2,1-4H3,(H,18,20)/t14-/m0/s1. The zero-order valence-corrected chi connectivity index (χ0v) is 13.3. The van der Waals surface area contributed by atoms with E-state index < -0.39 is 17.7 Å². The summed E-state index contributed by atoms with van der Waals surface area (Å²) in [7, 11) is 0. The van der Waals surface area contributed by atoms with Crippen molar-refractivity contribution in [1.29, 1.82) is 0 Å². The predicted molar refractivity (Wildman–Crippen MR) is 83.5 cm³/mol. The molecule has 4 nitrogen and oxygen atoms in total. The lowest BCUT2D eigenvalue weighted by Gasteiger charge is -2.23. The van der Waals surface area contributed by atoms with Crippen molar-refractivity contribution >= 4 is 11.9 Å². The van der Waals surface area contributed by atoms with E-state index in [1.54, 1.807) is 32.9 Å². The number of carbonyl (C=O) groups excluding carboxylic acids is 2. The fourth-order valence-corrected chi connectivity index (χ4v) is 1.93. The van der Waals surface area contributed by atoms with E-state index in [0.717, 1.165) is 12.8 Å². The number of ether oxygens (including phenoxy) is 1. The first-order valence-electron chi connectivity index (χ1n) is 7.42. The fraction of sp³-hybridized carbons (Fsp3) is 0.529. The number of hydrogen-bond donors (Lipinski definition) is 1. The van der Waals surface area contributed by atoms with Gasteiger partial charge in [0, 0.05) is 5.56 Å². The second-order valence-electron chi connectivity index (χ2n) is 6.07. The summed E-state index contributed by atoms with van der Waals surface area (Å²) in [4.78, 5) is 24.4. The van der Waals surface area contributed by atoms with Gasteiger partial charge in [-0.25, -0.2) is 4.79 Å². The lowest BCUT2D eigenvalue weighted by atomic mass is 10.00.